The van der Waals surface area contributed by atoms with Gasteiger partial charge in [0.1, 0.15) is 12.6 Å². The number of rotatable bonds is 11. The third-order valence-electron chi connectivity index (χ3n) is 4.12. The maximum Gasteiger partial charge on any atom is 0.320 e. The summed E-state index contributed by atoms with van der Waals surface area (Å²) in [5.74, 6) is 1.02. The van der Waals surface area contributed by atoms with E-state index < -0.39 is 12.0 Å². The largest absolute Gasteiger partial charge is 0.493 e. The van der Waals surface area contributed by atoms with Gasteiger partial charge in [0, 0.05) is 6.54 Å². The van der Waals surface area contributed by atoms with E-state index in [-0.39, 0.29) is 0 Å². The van der Waals surface area contributed by atoms with E-state index in [4.69, 9.17) is 32.7 Å². The third kappa shape index (κ3) is 7.26. The summed E-state index contributed by atoms with van der Waals surface area (Å²) in [5.41, 5.74) is 1.75. The number of hydrogen-bond acceptors (Lipinski definition) is 5. The Morgan fingerprint density at radius 3 is 2.62 bits per heavy atom. The molecule has 0 aliphatic rings. The summed E-state index contributed by atoms with van der Waals surface area (Å²) in [6.45, 7) is 0.687. The molecule has 0 heterocycles. The summed E-state index contributed by atoms with van der Waals surface area (Å²) in [6, 6.07) is 8.43. The quantitative estimate of drug-likeness (QED) is 0.398. The molecule has 0 saturated heterocycles. The maximum absolute atomic E-state index is 11.4. The van der Waals surface area contributed by atoms with Crippen LogP contribution in [0.3, 0.4) is 0 Å². The van der Waals surface area contributed by atoms with Crippen LogP contribution in [0, 0.1) is 0 Å². The van der Waals surface area contributed by atoms with Crippen molar-refractivity contribution in [2.45, 2.75) is 25.6 Å². The lowest BCUT2D eigenvalue weighted by Gasteiger charge is -2.17. The monoisotopic (exact) mass is 521 g/mol. The number of methoxy groups -OCH3 is 1. The molecule has 1 atom stereocenters. The molecule has 2 rings (SSSR count). The van der Waals surface area contributed by atoms with Gasteiger partial charge in [0.05, 0.1) is 21.6 Å². The number of carboxylic acid groups (broad SMARTS) is 1. The van der Waals surface area contributed by atoms with E-state index in [1.807, 2.05) is 24.5 Å². The summed E-state index contributed by atoms with van der Waals surface area (Å²) in [7, 11) is 1.56. The molecule has 0 bridgehead atoms. The van der Waals surface area contributed by atoms with Crippen LogP contribution in [0.25, 0.3) is 0 Å². The molecule has 0 amide bonds. The van der Waals surface area contributed by atoms with Gasteiger partial charge in [-0.15, -0.1) is 0 Å². The van der Waals surface area contributed by atoms with Crippen LogP contribution in [-0.2, 0) is 17.9 Å². The van der Waals surface area contributed by atoms with E-state index in [0.29, 0.717) is 45.6 Å². The standard InChI is InChI=1S/C20H22BrCl2NO4S/c1-27-18-9-13(10-24-17(20(25)26)5-6-29-2)7-14(21)19(18)28-11-12-3-4-15(22)16(23)8-12/h3-4,7-9,17,24H,5-6,10-11H2,1-2H3,(H,25,26). The highest BCUT2D eigenvalue weighted by Crippen LogP contribution is 2.37. The minimum atomic E-state index is -0.855. The van der Waals surface area contributed by atoms with E-state index in [1.54, 1.807) is 31.0 Å². The van der Waals surface area contributed by atoms with Crippen molar-refractivity contribution in [2.75, 3.05) is 19.1 Å². The SMILES string of the molecule is COc1cc(CNC(CCSC)C(=O)O)cc(Br)c1OCc1ccc(Cl)c(Cl)c1. The normalized spacial score (nSPS) is 11.9. The van der Waals surface area contributed by atoms with Crippen LogP contribution in [0.4, 0.5) is 0 Å². The molecule has 9 heteroatoms. The molecule has 0 fully saturated rings. The first kappa shape index (κ1) is 24.2. The van der Waals surface area contributed by atoms with Gasteiger partial charge in [-0.1, -0.05) is 29.3 Å². The lowest BCUT2D eigenvalue weighted by atomic mass is 10.1. The maximum atomic E-state index is 11.4. The van der Waals surface area contributed by atoms with E-state index in [2.05, 4.69) is 21.2 Å². The second-order valence-electron chi connectivity index (χ2n) is 6.20. The smallest absolute Gasteiger partial charge is 0.320 e. The number of benzene rings is 2. The number of hydrogen-bond donors (Lipinski definition) is 2. The Morgan fingerprint density at radius 1 is 1.24 bits per heavy atom. The molecule has 2 aromatic carbocycles. The molecule has 0 spiro atoms. The molecule has 29 heavy (non-hydrogen) atoms. The summed E-state index contributed by atoms with van der Waals surface area (Å²) >= 11 is 17.1. The lowest BCUT2D eigenvalue weighted by Crippen LogP contribution is -2.36. The Balaban J connectivity index is 2.09. The van der Waals surface area contributed by atoms with Crippen molar-refractivity contribution in [1.82, 2.24) is 5.32 Å². The van der Waals surface area contributed by atoms with Gasteiger partial charge in [-0.25, -0.2) is 0 Å². The highest BCUT2D eigenvalue weighted by atomic mass is 79.9. The summed E-state index contributed by atoms with van der Waals surface area (Å²) < 4.78 is 12.1. The van der Waals surface area contributed by atoms with E-state index in [1.165, 1.54) is 0 Å². The zero-order valence-corrected chi connectivity index (χ0v) is 19.9. The van der Waals surface area contributed by atoms with Gasteiger partial charge in [-0.3, -0.25) is 4.79 Å². The second-order valence-corrected chi connectivity index (χ2v) is 8.85. The molecule has 2 aromatic rings. The van der Waals surface area contributed by atoms with Gasteiger partial charge in [0.15, 0.2) is 11.5 Å². The first-order valence-electron chi connectivity index (χ1n) is 8.74. The number of carboxylic acids is 1. The molecule has 0 aliphatic carbocycles. The predicted octanol–water partition coefficient (Wildman–Crippen LogP) is 5.64. The fourth-order valence-corrected chi connectivity index (χ4v) is 3.99. The Labute approximate surface area is 193 Å². The van der Waals surface area contributed by atoms with Crippen LogP contribution in [-0.4, -0.2) is 36.2 Å². The summed E-state index contributed by atoms with van der Waals surface area (Å²) in [5, 5.41) is 13.4. The van der Waals surface area contributed by atoms with Gasteiger partial charge >= 0.3 is 5.97 Å². The van der Waals surface area contributed by atoms with E-state index in [0.717, 1.165) is 16.9 Å². The van der Waals surface area contributed by atoms with Gasteiger partial charge in [-0.05, 0) is 69.8 Å². The van der Waals surface area contributed by atoms with Crippen LogP contribution in [0.15, 0.2) is 34.8 Å². The number of carbonyl (C=O) groups is 1. The van der Waals surface area contributed by atoms with Crippen molar-refractivity contribution in [3.63, 3.8) is 0 Å². The molecular weight excluding hydrogens is 501 g/mol. The number of nitrogens with one attached hydrogen (secondary N) is 1. The Morgan fingerprint density at radius 2 is 2.00 bits per heavy atom. The summed E-state index contributed by atoms with van der Waals surface area (Å²) in [4.78, 5) is 11.4. The highest BCUT2D eigenvalue weighted by Gasteiger charge is 2.17. The molecule has 0 aromatic heterocycles. The fraction of sp³-hybridized carbons (Fsp3) is 0.350. The molecule has 0 saturated carbocycles. The van der Waals surface area contributed by atoms with Crippen LogP contribution in [0.1, 0.15) is 17.5 Å². The van der Waals surface area contributed by atoms with Crippen LogP contribution < -0.4 is 14.8 Å². The molecule has 5 nitrogen and oxygen atoms in total. The molecule has 0 aliphatic heterocycles. The van der Waals surface area contributed by atoms with Gasteiger partial charge in [-0.2, -0.15) is 11.8 Å². The zero-order chi connectivity index (χ0) is 21.4. The molecule has 1 unspecified atom stereocenters. The minimum Gasteiger partial charge on any atom is -0.493 e. The average molecular weight is 523 g/mol. The number of halogens is 3. The van der Waals surface area contributed by atoms with Crippen LogP contribution >= 0.6 is 50.9 Å². The molecule has 0 radical (unpaired) electrons. The number of thioether (sulfide) groups is 1. The van der Waals surface area contributed by atoms with Crippen molar-refractivity contribution in [3.05, 3.63) is 56.0 Å². The highest BCUT2D eigenvalue weighted by molar-refractivity contribution is 9.10. The van der Waals surface area contributed by atoms with Crippen molar-refractivity contribution in [1.29, 1.82) is 0 Å². The Hall–Kier alpha value is -1.12. The van der Waals surface area contributed by atoms with Crippen molar-refractivity contribution < 1.29 is 19.4 Å². The van der Waals surface area contributed by atoms with Crippen LogP contribution in [0.2, 0.25) is 10.0 Å². The molecule has 158 valence electrons. The Bertz CT molecular complexity index is 853. The fourth-order valence-electron chi connectivity index (χ4n) is 2.59. The average Bonchev–Trinajstić information content (AvgIpc) is 2.69. The van der Waals surface area contributed by atoms with E-state index in [9.17, 15) is 9.90 Å². The first-order chi connectivity index (χ1) is 13.8. The first-order valence-corrected chi connectivity index (χ1v) is 11.7. The van der Waals surface area contributed by atoms with Gasteiger partial charge in [0.25, 0.3) is 0 Å². The summed E-state index contributed by atoms with van der Waals surface area (Å²) in [6.07, 6.45) is 2.51. The minimum absolute atomic E-state index is 0.291. The van der Waals surface area contributed by atoms with Gasteiger partial charge in [0.2, 0.25) is 0 Å². The molecular formula is C20H22BrCl2NO4S. The zero-order valence-electron chi connectivity index (χ0n) is 16.0. The van der Waals surface area contributed by atoms with Crippen LogP contribution in [0.5, 0.6) is 11.5 Å². The third-order valence-corrected chi connectivity index (χ3v) is 6.09. The van der Waals surface area contributed by atoms with E-state index >= 15 is 0 Å². The topological polar surface area (TPSA) is 67.8 Å². The number of aliphatic carboxylic acids is 1. The van der Waals surface area contributed by atoms with Crippen molar-refractivity contribution >= 4 is 56.9 Å². The van der Waals surface area contributed by atoms with Gasteiger partial charge < -0.3 is 19.9 Å². The molecule has 2 N–H and O–H groups in total. The predicted molar refractivity (Wildman–Crippen MR) is 123 cm³/mol. The number of ether oxygens (including phenoxy) is 2. The lowest BCUT2D eigenvalue weighted by molar-refractivity contribution is -0.139. The second kappa shape index (κ2) is 11.9. The van der Waals surface area contributed by atoms with Crippen molar-refractivity contribution in [2.24, 2.45) is 0 Å². The Kier molecular flexibility index (Phi) is 9.92. The van der Waals surface area contributed by atoms with Crippen molar-refractivity contribution in [3.8, 4) is 11.5 Å².